The summed E-state index contributed by atoms with van der Waals surface area (Å²) in [6.45, 7) is 1.80. The maximum absolute atomic E-state index is 12.5. The summed E-state index contributed by atoms with van der Waals surface area (Å²) >= 11 is 6.20. The third-order valence-corrected chi connectivity index (χ3v) is 3.82. The zero-order valence-electron chi connectivity index (χ0n) is 12.1. The molecule has 0 radical (unpaired) electrons. The van der Waals surface area contributed by atoms with Crippen LogP contribution in [0.4, 0.5) is 5.95 Å². The zero-order valence-corrected chi connectivity index (χ0v) is 12.8. The second-order valence-corrected chi connectivity index (χ2v) is 5.45. The minimum atomic E-state index is -0.342. The van der Waals surface area contributed by atoms with E-state index in [2.05, 4.69) is 20.5 Å². The van der Waals surface area contributed by atoms with Crippen molar-refractivity contribution in [2.45, 2.75) is 13.0 Å². The molecule has 0 aliphatic rings. The van der Waals surface area contributed by atoms with E-state index in [0.29, 0.717) is 16.5 Å². The van der Waals surface area contributed by atoms with Crippen LogP contribution in [-0.4, -0.2) is 25.7 Å². The lowest BCUT2D eigenvalue weighted by atomic mass is 10.2. The molecule has 7 nitrogen and oxygen atoms in total. The Balaban J connectivity index is 1.89. The number of nitrogens with one attached hydrogen (secondary N) is 2. The first kappa shape index (κ1) is 14.4. The standard InChI is InChI=1S/C14H15ClN6O/c1-7(12-18-14(16)20-19-12)17-13(22)10-6-8-4-3-5-9(15)11(8)21(10)2/h3-7H,1-2H3,(H,17,22)(H3,16,18,19,20). The number of hydrogen-bond donors (Lipinski definition) is 3. The van der Waals surface area contributed by atoms with E-state index in [4.69, 9.17) is 17.3 Å². The average Bonchev–Trinajstić information content (AvgIpc) is 3.04. The van der Waals surface area contributed by atoms with Gasteiger partial charge in [0.2, 0.25) is 5.95 Å². The molecule has 3 rings (SSSR count). The first-order chi connectivity index (χ1) is 10.5. The first-order valence-electron chi connectivity index (χ1n) is 6.70. The Morgan fingerprint density at radius 3 is 2.91 bits per heavy atom. The van der Waals surface area contributed by atoms with Crippen molar-refractivity contribution >= 4 is 34.4 Å². The fourth-order valence-electron chi connectivity index (χ4n) is 2.41. The molecular formula is C14H15ClN6O. The number of benzene rings is 1. The maximum Gasteiger partial charge on any atom is 0.268 e. The van der Waals surface area contributed by atoms with Crippen molar-refractivity contribution in [2.24, 2.45) is 7.05 Å². The Morgan fingerprint density at radius 1 is 1.50 bits per heavy atom. The van der Waals surface area contributed by atoms with E-state index in [1.807, 2.05) is 12.1 Å². The van der Waals surface area contributed by atoms with Crippen molar-refractivity contribution in [1.29, 1.82) is 0 Å². The largest absolute Gasteiger partial charge is 0.367 e. The van der Waals surface area contributed by atoms with Crippen LogP contribution in [0.25, 0.3) is 10.9 Å². The summed E-state index contributed by atoms with van der Waals surface area (Å²) in [6, 6.07) is 7.03. The highest BCUT2D eigenvalue weighted by Gasteiger charge is 2.18. The number of nitrogens with zero attached hydrogens (tertiary/aromatic N) is 3. The Labute approximate surface area is 131 Å². The number of rotatable bonds is 3. The lowest BCUT2D eigenvalue weighted by Gasteiger charge is -2.11. The molecule has 0 aliphatic carbocycles. The molecule has 1 unspecified atom stereocenters. The number of aryl methyl sites for hydroxylation is 1. The molecule has 1 amide bonds. The Kier molecular flexibility index (Phi) is 3.50. The molecule has 0 saturated carbocycles. The van der Waals surface area contributed by atoms with E-state index >= 15 is 0 Å². The van der Waals surface area contributed by atoms with Crippen LogP contribution in [-0.2, 0) is 7.05 Å². The van der Waals surface area contributed by atoms with E-state index in [1.54, 1.807) is 30.7 Å². The van der Waals surface area contributed by atoms with E-state index in [9.17, 15) is 4.79 Å². The van der Waals surface area contributed by atoms with Crippen LogP contribution in [0.3, 0.4) is 0 Å². The molecule has 0 aliphatic heterocycles. The number of aromatic nitrogens is 4. The number of nitrogen functional groups attached to an aromatic ring is 1. The number of carbonyl (C=O) groups excluding carboxylic acids is 1. The van der Waals surface area contributed by atoms with Crippen LogP contribution < -0.4 is 11.1 Å². The van der Waals surface area contributed by atoms with Crippen LogP contribution in [0.5, 0.6) is 0 Å². The number of anilines is 1. The summed E-state index contributed by atoms with van der Waals surface area (Å²) in [6.07, 6.45) is 0. The fourth-order valence-corrected chi connectivity index (χ4v) is 2.71. The van der Waals surface area contributed by atoms with Gasteiger partial charge in [0.05, 0.1) is 16.6 Å². The van der Waals surface area contributed by atoms with Crippen LogP contribution in [0.1, 0.15) is 29.3 Å². The van der Waals surface area contributed by atoms with Gasteiger partial charge in [0, 0.05) is 12.4 Å². The molecule has 2 aromatic heterocycles. The number of halogens is 1. The van der Waals surface area contributed by atoms with Gasteiger partial charge in [-0.1, -0.05) is 23.7 Å². The normalized spacial score (nSPS) is 12.5. The van der Waals surface area contributed by atoms with Gasteiger partial charge < -0.3 is 15.6 Å². The maximum atomic E-state index is 12.5. The Hall–Kier alpha value is -2.54. The number of nitrogens with two attached hydrogens (primary N) is 1. The molecule has 0 bridgehead atoms. The van der Waals surface area contributed by atoms with Crippen molar-refractivity contribution in [2.75, 3.05) is 5.73 Å². The molecule has 114 valence electrons. The van der Waals surface area contributed by atoms with Crippen molar-refractivity contribution in [3.05, 3.63) is 40.8 Å². The lowest BCUT2D eigenvalue weighted by molar-refractivity contribution is 0.0930. The molecule has 8 heteroatoms. The highest BCUT2D eigenvalue weighted by molar-refractivity contribution is 6.35. The minimum absolute atomic E-state index is 0.146. The van der Waals surface area contributed by atoms with Gasteiger partial charge in [-0.3, -0.25) is 9.89 Å². The Bertz CT molecular complexity index is 852. The monoisotopic (exact) mass is 318 g/mol. The summed E-state index contributed by atoms with van der Waals surface area (Å²) < 4.78 is 1.77. The van der Waals surface area contributed by atoms with Crippen molar-refractivity contribution in [1.82, 2.24) is 25.1 Å². The summed E-state index contributed by atoms with van der Waals surface area (Å²) in [5, 5.41) is 10.8. The number of amides is 1. The van der Waals surface area contributed by atoms with Crippen LogP contribution in [0.2, 0.25) is 5.02 Å². The van der Waals surface area contributed by atoms with Crippen molar-refractivity contribution in [3.63, 3.8) is 0 Å². The zero-order chi connectivity index (χ0) is 15.9. The SMILES string of the molecule is CC(NC(=O)c1cc2cccc(Cl)c2n1C)c1nc(N)n[nH]1. The number of para-hydroxylation sites is 1. The number of aromatic amines is 1. The highest BCUT2D eigenvalue weighted by atomic mass is 35.5. The van der Waals surface area contributed by atoms with Gasteiger partial charge in [-0.05, 0) is 19.1 Å². The number of fused-ring (bicyclic) bond motifs is 1. The highest BCUT2D eigenvalue weighted by Crippen LogP contribution is 2.26. The van der Waals surface area contributed by atoms with Gasteiger partial charge >= 0.3 is 0 Å². The summed E-state index contributed by atoms with van der Waals surface area (Å²) in [7, 11) is 1.81. The molecule has 3 aromatic rings. The second-order valence-electron chi connectivity index (χ2n) is 5.04. The van der Waals surface area contributed by atoms with Gasteiger partial charge in [0.1, 0.15) is 11.5 Å². The van der Waals surface area contributed by atoms with Crippen LogP contribution in [0, 0.1) is 0 Å². The van der Waals surface area contributed by atoms with E-state index in [1.165, 1.54) is 0 Å². The topological polar surface area (TPSA) is 102 Å². The number of hydrogen-bond acceptors (Lipinski definition) is 4. The summed E-state index contributed by atoms with van der Waals surface area (Å²) in [5.41, 5.74) is 6.81. The Morgan fingerprint density at radius 2 is 2.27 bits per heavy atom. The molecule has 4 N–H and O–H groups in total. The summed E-state index contributed by atoms with van der Waals surface area (Å²) in [4.78, 5) is 16.5. The number of H-pyrrole nitrogens is 1. The number of carbonyl (C=O) groups is 1. The van der Waals surface area contributed by atoms with Gasteiger partial charge in [-0.15, -0.1) is 5.10 Å². The molecular weight excluding hydrogens is 304 g/mol. The summed E-state index contributed by atoms with van der Waals surface area (Å²) in [5.74, 6) is 0.423. The van der Waals surface area contributed by atoms with Gasteiger partial charge in [0.25, 0.3) is 5.91 Å². The molecule has 0 spiro atoms. The average molecular weight is 319 g/mol. The molecule has 1 aromatic carbocycles. The lowest BCUT2D eigenvalue weighted by Crippen LogP contribution is -2.28. The second kappa shape index (κ2) is 5.34. The van der Waals surface area contributed by atoms with Gasteiger partial charge in [0.15, 0.2) is 0 Å². The molecule has 22 heavy (non-hydrogen) atoms. The minimum Gasteiger partial charge on any atom is -0.367 e. The molecule has 0 fully saturated rings. The quantitative estimate of drug-likeness (QED) is 0.687. The first-order valence-corrected chi connectivity index (χ1v) is 7.07. The molecule has 1 atom stereocenters. The van der Waals surface area contributed by atoms with E-state index < -0.39 is 0 Å². The van der Waals surface area contributed by atoms with Crippen molar-refractivity contribution in [3.8, 4) is 0 Å². The van der Waals surface area contributed by atoms with E-state index in [0.717, 1.165) is 10.9 Å². The predicted molar refractivity (Wildman–Crippen MR) is 84.6 cm³/mol. The van der Waals surface area contributed by atoms with Crippen LogP contribution in [0.15, 0.2) is 24.3 Å². The van der Waals surface area contributed by atoms with Crippen LogP contribution >= 0.6 is 11.6 Å². The predicted octanol–water partition coefficient (Wildman–Crippen LogP) is 2.02. The smallest absolute Gasteiger partial charge is 0.268 e. The van der Waals surface area contributed by atoms with E-state index in [-0.39, 0.29) is 17.9 Å². The molecule has 2 heterocycles. The molecule has 0 saturated heterocycles. The van der Waals surface area contributed by atoms with Gasteiger partial charge in [-0.25, -0.2) is 0 Å². The third kappa shape index (κ3) is 2.39. The van der Waals surface area contributed by atoms with Gasteiger partial charge in [-0.2, -0.15) is 4.98 Å². The fraction of sp³-hybridized carbons (Fsp3) is 0.214. The van der Waals surface area contributed by atoms with Crippen molar-refractivity contribution < 1.29 is 4.79 Å². The third-order valence-electron chi connectivity index (χ3n) is 3.52.